The molecule has 0 aliphatic rings. The van der Waals surface area contributed by atoms with Gasteiger partial charge in [-0.25, -0.2) is 4.79 Å². The summed E-state index contributed by atoms with van der Waals surface area (Å²) in [5.41, 5.74) is 1.33. The number of nitrogens with zero attached hydrogens (tertiary/aromatic N) is 2. The largest absolute Gasteiger partial charge is 0.406 e. The number of hydrogen-bond acceptors (Lipinski definition) is 3. The van der Waals surface area contributed by atoms with Gasteiger partial charge in [0.15, 0.2) is 0 Å². The lowest BCUT2D eigenvalue weighted by atomic mass is 10.2. The summed E-state index contributed by atoms with van der Waals surface area (Å²) in [6, 6.07) is 6.41. The number of carbonyl (C=O) groups excluding carboxylic acids is 2. The number of likely N-dealkylation sites (N-methyl/N-ethyl adjacent to an activating group) is 1. The second-order valence-electron chi connectivity index (χ2n) is 5.20. The van der Waals surface area contributed by atoms with Crippen LogP contribution >= 0.6 is 0 Å². The van der Waals surface area contributed by atoms with E-state index in [9.17, 15) is 22.8 Å². The summed E-state index contributed by atoms with van der Waals surface area (Å²) < 4.78 is 36.6. The molecule has 0 radical (unpaired) electrons. The number of anilines is 2. The highest BCUT2D eigenvalue weighted by Gasteiger charge is 2.31. The van der Waals surface area contributed by atoms with Crippen LogP contribution in [0.25, 0.3) is 0 Å². The fraction of sp³-hybridized carbons (Fsp3) is 0.467. The molecular weight excluding hydrogens is 325 g/mol. The van der Waals surface area contributed by atoms with Gasteiger partial charge < -0.3 is 20.4 Å². The maximum atomic E-state index is 12.2. The van der Waals surface area contributed by atoms with Crippen molar-refractivity contribution >= 4 is 23.3 Å². The van der Waals surface area contributed by atoms with E-state index in [-0.39, 0.29) is 0 Å². The molecule has 0 atom stereocenters. The van der Waals surface area contributed by atoms with E-state index in [0.717, 1.165) is 19.3 Å². The second-order valence-corrected chi connectivity index (χ2v) is 5.20. The molecule has 0 unspecified atom stereocenters. The van der Waals surface area contributed by atoms with Crippen LogP contribution in [0.5, 0.6) is 0 Å². The monoisotopic (exact) mass is 346 g/mol. The Morgan fingerprint density at radius 2 is 1.79 bits per heavy atom. The first kappa shape index (κ1) is 19.6. The van der Waals surface area contributed by atoms with Gasteiger partial charge in [0.05, 0.1) is 17.9 Å². The average Bonchev–Trinajstić information content (AvgIpc) is 2.50. The summed E-state index contributed by atoms with van der Waals surface area (Å²) >= 11 is 0. The molecule has 24 heavy (non-hydrogen) atoms. The van der Waals surface area contributed by atoms with Gasteiger partial charge >= 0.3 is 12.2 Å². The number of para-hydroxylation sites is 2. The van der Waals surface area contributed by atoms with Gasteiger partial charge in [-0.2, -0.15) is 13.2 Å². The summed E-state index contributed by atoms with van der Waals surface area (Å²) in [6.07, 6.45) is -4.48. The number of urea groups is 1. The van der Waals surface area contributed by atoms with Crippen molar-refractivity contribution in [1.29, 1.82) is 0 Å². The number of halogens is 3. The van der Waals surface area contributed by atoms with Gasteiger partial charge in [-0.3, -0.25) is 4.79 Å². The summed E-state index contributed by atoms with van der Waals surface area (Å²) in [4.78, 5) is 25.9. The molecule has 0 fully saturated rings. The third-order valence-corrected chi connectivity index (χ3v) is 3.28. The molecule has 0 spiro atoms. The molecule has 1 aromatic rings. The van der Waals surface area contributed by atoms with Gasteiger partial charge in [0.2, 0.25) is 5.91 Å². The second kappa shape index (κ2) is 8.42. The highest BCUT2D eigenvalue weighted by molar-refractivity contribution is 5.95. The number of benzene rings is 1. The van der Waals surface area contributed by atoms with Crippen molar-refractivity contribution in [2.45, 2.75) is 13.1 Å². The average molecular weight is 346 g/mol. The molecule has 0 aromatic heterocycles. The maximum absolute atomic E-state index is 12.2. The fourth-order valence-electron chi connectivity index (χ4n) is 1.90. The first-order chi connectivity index (χ1) is 11.1. The van der Waals surface area contributed by atoms with Crippen LogP contribution in [0.3, 0.4) is 0 Å². The minimum absolute atomic E-state index is 0.513. The summed E-state index contributed by atoms with van der Waals surface area (Å²) in [5.74, 6) is -0.832. The summed E-state index contributed by atoms with van der Waals surface area (Å²) in [7, 11) is 2.88. The number of carbonyl (C=O) groups is 2. The Labute approximate surface area is 138 Å². The standard InChI is InChI=1S/C15H21F3N4O2/c1-4-21(2)12-8-6-5-7-11(12)20-14(24)19-9-13(23)22(3)10-15(16,17)18/h5-8H,4,9-10H2,1-3H3,(H2,19,20,24). The molecular formula is C15H21F3N4O2. The van der Waals surface area contributed by atoms with Gasteiger partial charge in [-0.15, -0.1) is 0 Å². The molecule has 0 saturated carbocycles. The molecule has 6 nitrogen and oxygen atoms in total. The molecule has 0 heterocycles. The Balaban J connectivity index is 2.57. The zero-order chi connectivity index (χ0) is 18.3. The molecule has 1 rings (SSSR count). The van der Waals surface area contributed by atoms with Gasteiger partial charge in [0, 0.05) is 20.6 Å². The predicted octanol–water partition coefficient (Wildman–Crippen LogP) is 2.28. The van der Waals surface area contributed by atoms with Crippen LogP contribution in [0, 0.1) is 0 Å². The van der Waals surface area contributed by atoms with Gasteiger partial charge in [-0.05, 0) is 19.1 Å². The zero-order valence-corrected chi connectivity index (χ0v) is 13.8. The van der Waals surface area contributed by atoms with Crippen molar-refractivity contribution in [1.82, 2.24) is 10.2 Å². The maximum Gasteiger partial charge on any atom is 0.406 e. The third kappa shape index (κ3) is 6.35. The first-order valence-corrected chi connectivity index (χ1v) is 7.29. The molecule has 0 bridgehead atoms. The van der Waals surface area contributed by atoms with E-state index in [4.69, 9.17) is 0 Å². The van der Waals surface area contributed by atoms with E-state index in [0.29, 0.717) is 10.6 Å². The van der Waals surface area contributed by atoms with Gasteiger partial charge in [0.1, 0.15) is 6.54 Å². The summed E-state index contributed by atoms with van der Waals surface area (Å²) in [6.45, 7) is 0.788. The zero-order valence-electron chi connectivity index (χ0n) is 13.8. The highest BCUT2D eigenvalue weighted by Crippen LogP contribution is 2.24. The van der Waals surface area contributed by atoms with Crippen molar-refractivity contribution in [3.8, 4) is 0 Å². The van der Waals surface area contributed by atoms with Crippen LogP contribution in [-0.4, -0.2) is 56.7 Å². The fourth-order valence-corrected chi connectivity index (χ4v) is 1.90. The minimum atomic E-state index is -4.48. The Kier molecular flexibility index (Phi) is 6.87. The van der Waals surface area contributed by atoms with Gasteiger partial charge in [-0.1, -0.05) is 12.1 Å². The third-order valence-electron chi connectivity index (χ3n) is 3.28. The Morgan fingerprint density at radius 1 is 1.17 bits per heavy atom. The number of nitrogens with one attached hydrogen (secondary N) is 2. The Bertz CT molecular complexity index is 578. The van der Waals surface area contributed by atoms with Crippen LogP contribution < -0.4 is 15.5 Å². The van der Waals surface area contributed by atoms with E-state index in [1.165, 1.54) is 0 Å². The molecule has 9 heteroatoms. The Morgan fingerprint density at radius 3 is 2.38 bits per heavy atom. The number of alkyl halides is 3. The number of rotatable bonds is 6. The molecule has 3 amide bonds. The SMILES string of the molecule is CCN(C)c1ccccc1NC(=O)NCC(=O)N(C)CC(F)(F)F. The normalized spacial score (nSPS) is 10.9. The lowest BCUT2D eigenvalue weighted by molar-refractivity contribution is -0.157. The van der Waals surface area contributed by atoms with E-state index in [1.54, 1.807) is 12.1 Å². The van der Waals surface area contributed by atoms with Crippen LogP contribution in [-0.2, 0) is 4.79 Å². The minimum Gasteiger partial charge on any atom is -0.373 e. The molecule has 0 aliphatic carbocycles. The van der Waals surface area contributed by atoms with Crippen molar-refractivity contribution in [3.63, 3.8) is 0 Å². The van der Waals surface area contributed by atoms with Crippen molar-refractivity contribution in [2.24, 2.45) is 0 Å². The molecule has 0 saturated heterocycles. The quantitative estimate of drug-likeness (QED) is 0.831. The molecule has 2 N–H and O–H groups in total. The molecule has 0 aliphatic heterocycles. The van der Waals surface area contributed by atoms with E-state index in [1.807, 2.05) is 31.0 Å². The van der Waals surface area contributed by atoms with Crippen LogP contribution in [0.2, 0.25) is 0 Å². The Hall–Kier alpha value is -2.45. The lowest BCUT2D eigenvalue weighted by Crippen LogP contribution is -2.43. The topological polar surface area (TPSA) is 64.7 Å². The summed E-state index contributed by atoms with van der Waals surface area (Å²) in [5, 5.41) is 4.84. The smallest absolute Gasteiger partial charge is 0.373 e. The molecule has 1 aromatic carbocycles. The number of amides is 3. The van der Waals surface area contributed by atoms with Gasteiger partial charge in [0.25, 0.3) is 0 Å². The van der Waals surface area contributed by atoms with Crippen LogP contribution in [0.4, 0.5) is 29.3 Å². The van der Waals surface area contributed by atoms with Crippen LogP contribution in [0.1, 0.15) is 6.92 Å². The first-order valence-electron chi connectivity index (χ1n) is 7.29. The van der Waals surface area contributed by atoms with Crippen LogP contribution in [0.15, 0.2) is 24.3 Å². The number of hydrogen-bond donors (Lipinski definition) is 2. The molecule has 134 valence electrons. The van der Waals surface area contributed by atoms with E-state index < -0.39 is 31.2 Å². The predicted molar refractivity (Wildman–Crippen MR) is 86.1 cm³/mol. The van der Waals surface area contributed by atoms with E-state index >= 15 is 0 Å². The highest BCUT2D eigenvalue weighted by atomic mass is 19.4. The van der Waals surface area contributed by atoms with E-state index in [2.05, 4.69) is 10.6 Å². The van der Waals surface area contributed by atoms with Crippen molar-refractivity contribution < 1.29 is 22.8 Å². The lowest BCUT2D eigenvalue weighted by Gasteiger charge is -2.21. The van der Waals surface area contributed by atoms with Crippen molar-refractivity contribution in [3.05, 3.63) is 24.3 Å². The van der Waals surface area contributed by atoms with Crippen molar-refractivity contribution in [2.75, 3.05) is 43.9 Å².